The van der Waals surface area contributed by atoms with Gasteiger partial charge < -0.3 is 10.1 Å². The Morgan fingerprint density at radius 2 is 1.87 bits per heavy atom. The Kier molecular flexibility index (Phi) is 6.17. The third kappa shape index (κ3) is 4.92. The van der Waals surface area contributed by atoms with E-state index in [0.717, 1.165) is 24.0 Å². The number of nitrogens with zero attached hydrogens (tertiary/aromatic N) is 3. The van der Waals surface area contributed by atoms with Gasteiger partial charge in [0.15, 0.2) is 0 Å². The van der Waals surface area contributed by atoms with Gasteiger partial charge in [0.1, 0.15) is 11.8 Å². The number of ether oxygens (including phenoxy) is 1. The molecule has 3 aromatic rings. The van der Waals surface area contributed by atoms with Gasteiger partial charge in [-0.15, -0.1) is 0 Å². The minimum Gasteiger partial charge on any atom is -0.474 e. The molecule has 1 amide bonds. The summed E-state index contributed by atoms with van der Waals surface area (Å²) >= 11 is 0. The molecule has 1 N–H and O–H groups in total. The summed E-state index contributed by atoms with van der Waals surface area (Å²) in [5.74, 6) is 0.208. The molecular formula is C23H24N4O3. The second-order valence-electron chi connectivity index (χ2n) is 7.37. The van der Waals surface area contributed by atoms with Gasteiger partial charge in [-0.05, 0) is 43.4 Å². The SMILES string of the molecule is O=C(NCc1cccnc1OC1CCCC1)c1ccc(=O)n(Cc2ccccc2)n1. The van der Waals surface area contributed by atoms with Crippen molar-refractivity contribution in [3.63, 3.8) is 0 Å². The van der Waals surface area contributed by atoms with Crippen molar-refractivity contribution >= 4 is 5.91 Å². The zero-order valence-corrected chi connectivity index (χ0v) is 16.7. The van der Waals surface area contributed by atoms with Crippen LogP contribution in [0.5, 0.6) is 5.88 Å². The monoisotopic (exact) mass is 404 g/mol. The second kappa shape index (κ2) is 9.35. The quantitative estimate of drug-likeness (QED) is 0.654. The summed E-state index contributed by atoms with van der Waals surface area (Å²) in [4.78, 5) is 29.1. The van der Waals surface area contributed by atoms with Gasteiger partial charge in [-0.2, -0.15) is 5.10 Å². The number of carbonyl (C=O) groups excluding carboxylic acids is 1. The Morgan fingerprint density at radius 1 is 1.07 bits per heavy atom. The second-order valence-corrected chi connectivity index (χ2v) is 7.37. The van der Waals surface area contributed by atoms with Crippen LogP contribution in [0.3, 0.4) is 0 Å². The minimum atomic E-state index is -0.354. The lowest BCUT2D eigenvalue weighted by molar-refractivity contribution is 0.0942. The van der Waals surface area contributed by atoms with Crippen molar-refractivity contribution in [3.05, 3.63) is 88.0 Å². The molecule has 0 spiro atoms. The van der Waals surface area contributed by atoms with Crippen LogP contribution in [0.25, 0.3) is 0 Å². The average Bonchev–Trinajstić information content (AvgIpc) is 3.28. The number of benzene rings is 1. The molecule has 1 fully saturated rings. The Morgan fingerprint density at radius 3 is 2.67 bits per heavy atom. The van der Waals surface area contributed by atoms with E-state index in [1.807, 2.05) is 42.5 Å². The molecule has 0 unspecified atom stereocenters. The fourth-order valence-corrected chi connectivity index (χ4v) is 3.53. The minimum absolute atomic E-state index is 0.188. The largest absolute Gasteiger partial charge is 0.474 e. The molecule has 7 heteroatoms. The van der Waals surface area contributed by atoms with Crippen LogP contribution >= 0.6 is 0 Å². The van der Waals surface area contributed by atoms with Crippen LogP contribution in [0.1, 0.15) is 47.3 Å². The summed E-state index contributed by atoms with van der Waals surface area (Å²) in [6, 6.07) is 16.0. The smallest absolute Gasteiger partial charge is 0.271 e. The highest BCUT2D eigenvalue weighted by Gasteiger charge is 2.19. The Labute approximate surface area is 174 Å². The molecule has 1 aliphatic carbocycles. The van der Waals surface area contributed by atoms with Crippen molar-refractivity contribution in [1.29, 1.82) is 0 Å². The Balaban J connectivity index is 1.43. The highest BCUT2D eigenvalue weighted by atomic mass is 16.5. The lowest BCUT2D eigenvalue weighted by Gasteiger charge is -2.15. The van der Waals surface area contributed by atoms with E-state index in [4.69, 9.17) is 4.74 Å². The number of rotatable bonds is 7. The number of nitrogens with one attached hydrogen (secondary N) is 1. The summed E-state index contributed by atoms with van der Waals surface area (Å²) in [7, 11) is 0. The van der Waals surface area contributed by atoms with E-state index < -0.39 is 0 Å². The number of hydrogen-bond donors (Lipinski definition) is 1. The van der Waals surface area contributed by atoms with Gasteiger partial charge in [-0.3, -0.25) is 9.59 Å². The standard InChI is InChI=1S/C23H24N4O3/c28-21-13-12-20(26-27(21)16-17-7-2-1-3-8-17)22(29)25-15-18-9-6-14-24-23(18)30-19-10-4-5-11-19/h1-3,6-9,12-14,19H,4-5,10-11,15-16H2,(H,25,29). The first kappa shape index (κ1) is 19.8. The van der Waals surface area contributed by atoms with Crippen LogP contribution in [-0.4, -0.2) is 26.8 Å². The van der Waals surface area contributed by atoms with Crippen molar-refractivity contribution in [2.24, 2.45) is 0 Å². The normalized spacial score (nSPS) is 13.9. The van der Waals surface area contributed by atoms with E-state index in [0.29, 0.717) is 12.4 Å². The number of carbonyl (C=O) groups is 1. The number of amides is 1. The summed E-state index contributed by atoms with van der Waals surface area (Å²) in [5.41, 5.74) is 1.69. The third-order valence-corrected chi connectivity index (χ3v) is 5.14. The summed E-state index contributed by atoms with van der Waals surface area (Å²) in [6.07, 6.45) is 6.31. The van der Waals surface area contributed by atoms with E-state index in [2.05, 4.69) is 15.4 Å². The van der Waals surface area contributed by atoms with Crippen LogP contribution in [-0.2, 0) is 13.1 Å². The van der Waals surface area contributed by atoms with Crippen molar-refractivity contribution in [1.82, 2.24) is 20.1 Å². The first-order valence-corrected chi connectivity index (χ1v) is 10.2. The van der Waals surface area contributed by atoms with Crippen LogP contribution in [0.4, 0.5) is 0 Å². The van der Waals surface area contributed by atoms with Gasteiger partial charge in [0, 0.05) is 24.4 Å². The van der Waals surface area contributed by atoms with Gasteiger partial charge in [-0.25, -0.2) is 9.67 Å². The number of hydrogen-bond acceptors (Lipinski definition) is 5. The summed E-state index contributed by atoms with van der Waals surface area (Å²) < 4.78 is 7.32. The molecule has 7 nitrogen and oxygen atoms in total. The van der Waals surface area contributed by atoms with E-state index in [1.54, 1.807) is 6.20 Å². The maximum atomic E-state index is 12.6. The van der Waals surface area contributed by atoms with Crippen LogP contribution in [0.15, 0.2) is 65.6 Å². The van der Waals surface area contributed by atoms with Crippen molar-refractivity contribution < 1.29 is 9.53 Å². The molecule has 1 saturated carbocycles. The molecule has 1 aliphatic rings. The molecule has 30 heavy (non-hydrogen) atoms. The predicted molar refractivity (Wildman–Crippen MR) is 112 cm³/mol. The molecule has 154 valence electrons. The van der Waals surface area contributed by atoms with Crippen molar-refractivity contribution in [2.45, 2.75) is 44.9 Å². The fourth-order valence-electron chi connectivity index (χ4n) is 3.53. The molecule has 0 atom stereocenters. The van der Waals surface area contributed by atoms with E-state index in [-0.39, 0.29) is 29.8 Å². The van der Waals surface area contributed by atoms with E-state index >= 15 is 0 Å². The highest BCUT2D eigenvalue weighted by molar-refractivity contribution is 5.91. The fraction of sp³-hybridized carbons (Fsp3) is 0.304. The molecule has 0 saturated heterocycles. The molecule has 0 aliphatic heterocycles. The van der Waals surface area contributed by atoms with Crippen molar-refractivity contribution in [2.75, 3.05) is 0 Å². The molecule has 4 rings (SSSR count). The van der Waals surface area contributed by atoms with Gasteiger partial charge >= 0.3 is 0 Å². The molecule has 1 aromatic carbocycles. The first-order chi connectivity index (χ1) is 14.7. The third-order valence-electron chi connectivity index (χ3n) is 5.14. The lowest BCUT2D eigenvalue weighted by atomic mass is 10.2. The molecule has 2 heterocycles. The number of pyridine rings is 1. The molecule has 0 bridgehead atoms. The maximum absolute atomic E-state index is 12.6. The van der Waals surface area contributed by atoms with Gasteiger partial charge in [0.25, 0.3) is 11.5 Å². The topological polar surface area (TPSA) is 86.1 Å². The average molecular weight is 404 g/mol. The predicted octanol–water partition coefficient (Wildman–Crippen LogP) is 2.94. The maximum Gasteiger partial charge on any atom is 0.271 e. The summed E-state index contributed by atoms with van der Waals surface area (Å²) in [5, 5.41) is 7.08. The summed E-state index contributed by atoms with van der Waals surface area (Å²) in [6.45, 7) is 0.580. The van der Waals surface area contributed by atoms with Gasteiger partial charge in [0.05, 0.1) is 6.54 Å². The molecular weight excluding hydrogens is 380 g/mol. The van der Waals surface area contributed by atoms with Crippen LogP contribution in [0, 0.1) is 0 Å². The Hall–Kier alpha value is -3.48. The zero-order valence-electron chi connectivity index (χ0n) is 16.7. The van der Waals surface area contributed by atoms with Crippen LogP contribution in [0.2, 0.25) is 0 Å². The lowest BCUT2D eigenvalue weighted by Crippen LogP contribution is -2.30. The van der Waals surface area contributed by atoms with E-state index in [9.17, 15) is 9.59 Å². The van der Waals surface area contributed by atoms with Crippen molar-refractivity contribution in [3.8, 4) is 5.88 Å². The first-order valence-electron chi connectivity index (χ1n) is 10.2. The van der Waals surface area contributed by atoms with Gasteiger partial charge in [0.2, 0.25) is 5.88 Å². The van der Waals surface area contributed by atoms with E-state index in [1.165, 1.54) is 29.7 Å². The highest BCUT2D eigenvalue weighted by Crippen LogP contribution is 2.24. The zero-order chi connectivity index (χ0) is 20.8. The molecule has 0 radical (unpaired) electrons. The van der Waals surface area contributed by atoms with Gasteiger partial charge in [-0.1, -0.05) is 36.4 Å². The Bertz CT molecular complexity index is 1060. The molecule has 2 aromatic heterocycles. The van der Waals surface area contributed by atoms with Crippen LogP contribution < -0.4 is 15.6 Å². The number of aromatic nitrogens is 3.